The number of ether oxygens (including phenoxy) is 4. The quantitative estimate of drug-likeness (QED) is 0.0278. The van der Waals surface area contributed by atoms with Crippen LogP contribution in [0.3, 0.4) is 0 Å². The van der Waals surface area contributed by atoms with E-state index < -0.39 is 30.0 Å². The summed E-state index contributed by atoms with van der Waals surface area (Å²) < 4.78 is 102. The number of benzene rings is 3. The van der Waals surface area contributed by atoms with Crippen LogP contribution in [-0.4, -0.2) is 106 Å². The fourth-order valence-electron chi connectivity index (χ4n) is 10.1. The van der Waals surface area contributed by atoms with Crippen LogP contribution >= 0.6 is 0 Å². The van der Waals surface area contributed by atoms with Gasteiger partial charge in [0.15, 0.2) is 0 Å². The first kappa shape index (κ1) is 44.6. The predicted octanol–water partition coefficient (Wildman–Crippen LogP) is 6.51. The van der Waals surface area contributed by atoms with Crippen molar-refractivity contribution in [3.63, 3.8) is 0 Å². The van der Waals surface area contributed by atoms with Gasteiger partial charge >= 0.3 is 0 Å². The average molecular weight is 869 g/mol. The summed E-state index contributed by atoms with van der Waals surface area (Å²) in [6, 6.07) is 14.8. The maximum atomic E-state index is 13.3. The fourth-order valence-corrected chi connectivity index (χ4v) is 11.8. The van der Waals surface area contributed by atoms with Gasteiger partial charge in [0, 0.05) is 53.0 Å². The number of fused-ring (bicyclic) bond motifs is 2. The van der Waals surface area contributed by atoms with E-state index in [1.54, 1.807) is 0 Å². The van der Waals surface area contributed by atoms with Crippen LogP contribution in [0, 0.1) is 17.8 Å². The SMILES string of the molecule is CCN(CC)c1ccc2c(-c3ccc(S(=O)(=O)OCCOCCOCCOCCOC45CC6CC(CC(C6)C4)C5)cc3S(=O)(=O)[O-])c3ccc(=[N+](CC)CC)cc-3oc2c1. The Hall–Kier alpha value is -3.41. The van der Waals surface area contributed by atoms with Crippen LogP contribution in [0.4, 0.5) is 5.69 Å². The van der Waals surface area contributed by atoms with E-state index in [1.165, 1.54) is 50.7 Å². The third-order valence-electron chi connectivity index (χ3n) is 12.6. The lowest BCUT2D eigenvalue weighted by Crippen LogP contribution is -2.52. The van der Waals surface area contributed by atoms with Gasteiger partial charge in [0.1, 0.15) is 34.6 Å². The molecule has 0 radical (unpaired) electrons. The van der Waals surface area contributed by atoms with Gasteiger partial charge in [-0.05, 0) is 114 Å². The molecular formula is C45H60N2O11S2. The second kappa shape index (κ2) is 19.3. The van der Waals surface area contributed by atoms with E-state index in [0.717, 1.165) is 61.0 Å². The Bertz CT molecular complexity index is 2330. The van der Waals surface area contributed by atoms with Crippen LogP contribution in [0.15, 0.2) is 68.8 Å². The number of hydrogen-bond donors (Lipinski definition) is 0. The topological polar surface area (TPSA) is 157 Å². The van der Waals surface area contributed by atoms with Crippen molar-refractivity contribution in [1.29, 1.82) is 0 Å². The van der Waals surface area contributed by atoms with Gasteiger partial charge in [-0.3, -0.25) is 4.18 Å². The molecule has 0 saturated heterocycles. The van der Waals surface area contributed by atoms with E-state index in [2.05, 4.69) is 37.2 Å². The molecule has 8 rings (SSSR count). The molecule has 0 N–H and O–H groups in total. The van der Waals surface area contributed by atoms with Crippen LogP contribution < -0.4 is 14.8 Å². The van der Waals surface area contributed by atoms with E-state index in [1.807, 2.05) is 36.4 Å². The normalized spacial score (nSPS) is 21.3. The third kappa shape index (κ3) is 10.1. The van der Waals surface area contributed by atoms with Crippen molar-refractivity contribution in [2.24, 2.45) is 17.8 Å². The van der Waals surface area contributed by atoms with Gasteiger partial charge in [-0.2, -0.15) is 8.42 Å². The first-order valence-corrected chi connectivity index (χ1v) is 24.4. The van der Waals surface area contributed by atoms with Crippen molar-refractivity contribution in [2.45, 2.75) is 81.6 Å². The first-order valence-electron chi connectivity index (χ1n) is 21.6. The summed E-state index contributed by atoms with van der Waals surface area (Å²) >= 11 is 0. The summed E-state index contributed by atoms with van der Waals surface area (Å²) in [4.78, 5) is 1.01. The Balaban J connectivity index is 0.959. The Labute approximate surface area is 354 Å². The van der Waals surface area contributed by atoms with E-state index in [0.29, 0.717) is 54.3 Å². The Kier molecular flexibility index (Phi) is 14.4. The lowest BCUT2D eigenvalue weighted by atomic mass is 9.54. The molecule has 0 atom stereocenters. The van der Waals surface area contributed by atoms with Gasteiger partial charge in [-0.15, -0.1) is 0 Å². The number of anilines is 1. The van der Waals surface area contributed by atoms with Gasteiger partial charge in [0.05, 0.1) is 74.3 Å². The van der Waals surface area contributed by atoms with Gasteiger partial charge in [0.2, 0.25) is 5.36 Å². The smallest absolute Gasteiger partial charge is 0.297 e. The lowest BCUT2D eigenvalue weighted by molar-refractivity contribution is -0.169. The summed E-state index contributed by atoms with van der Waals surface area (Å²) in [6.45, 7) is 13.4. The largest absolute Gasteiger partial charge is 0.744 e. The summed E-state index contributed by atoms with van der Waals surface area (Å²) in [5.74, 6) is 3.03. The van der Waals surface area contributed by atoms with Crippen molar-refractivity contribution in [1.82, 2.24) is 4.58 Å². The maximum Gasteiger partial charge on any atom is 0.297 e. The highest BCUT2D eigenvalue weighted by Gasteiger charge is 2.51. The summed E-state index contributed by atoms with van der Waals surface area (Å²) in [5.41, 5.74) is 2.54. The molecular weight excluding hydrogens is 809 g/mol. The molecule has 4 bridgehead atoms. The molecule has 4 fully saturated rings. The molecule has 2 aromatic carbocycles. The van der Waals surface area contributed by atoms with Crippen molar-refractivity contribution >= 4 is 36.9 Å². The molecule has 0 unspecified atom stereocenters. The molecule has 1 heterocycles. The van der Waals surface area contributed by atoms with Crippen LogP contribution in [-0.2, 0) is 43.4 Å². The van der Waals surface area contributed by atoms with E-state index in [-0.39, 0.29) is 37.6 Å². The Morgan fingerprint density at radius 1 is 0.717 bits per heavy atom. The number of nitrogens with zero attached hydrogens (tertiary/aromatic N) is 2. The van der Waals surface area contributed by atoms with Crippen molar-refractivity contribution in [3.8, 4) is 22.5 Å². The van der Waals surface area contributed by atoms with Crippen molar-refractivity contribution in [3.05, 3.63) is 60.0 Å². The molecule has 6 aliphatic rings. The van der Waals surface area contributed by atoms with E-state index >= 15 is 0 Å². The second-order valence-corrected chi connectivity index (χ2v) is 19.3. The molecule has 60 heavy (non-hydrogen) atoms. The summed E-state index contributed by atoms with van der Waals surface area (Å²) in [5, 5.41) is 1.48. The highest BCUT2D eigenvalue weighted by Crippen LogP contribution is 2.57. The zero-order valence-electron chi connectivity index (χ0n) is 35.4. The molecule has 5 aliphatic carbocycles. The van der Waals surface area contributed by atoms with Gasteiger partial charge in [0.25, 0.3) is 10.1 Å². The molecule has 2 aromatic rings. The zero-order valence-corrected chi connectivity index (χ0v) is 37.0. The number of rotatable bonds is 22. The predicted molar refractivity (Wildman–Crippen MR) is 229 cm³/mol. The third-order valence-corrected chi connectivity index (χ3v) is 14.7. The summed E-state index contributed by atoms with van der Waals surface area (Å²) in [7, 11) is -9.65. The minimum absolute atomic E-state index is 0.0536. The van der Waals surface area contributed by atoms with Crippen molar-refractivity contribution < 1.29 is 48.9 Å². The average Bonchev–Trinajstić information content (AvgIpc) is 3.21. The number of hydrogen-bond acceptors (Lipinski definition) is 12. The monoisotopic (exact) mass is 868 g/mol. The Morgan fingerprint density at radius 2 is 1.30 bits per heavy atom. The highest BCUT2D eigenvalue weighted by molar-refractivity contribution is 7.87. The highest BCUT2D eigenvalue weighted by atomic mass is 32.2. The van der Waals surface area contributed by atoms with E-state index in [4.69, 9.17) is 27.5 Å². The minimum Gasteiger partial charge on any atom is -0.744 e. The minimum atomic E-state index is -5.19. The van der Waals surface area contributed by atoms with Crippen LogP contribution in [0.1, 0.15) is 66.2 Å². The van der Waals surface area contributed by atoms with Gasteiger partial charge < -0.3 is 32.8 Å². The zero-order chi connectivity index (χ0) is 42.5. The first-order chi connectivity index (χ1) is 28.9. The van der Waals surface area contributed by atoms with Crippen LogP contribution in [0.25, 0.3) is 33.4 Å². The van der Waals surface area contributed by atoms with E-state index in [9.17, 15) is 21.4 Å². The molecule has 4 saturated carbocycles. The molecule has 13 nitrogen and oxygen atoms in total. The molecule has 0 amide bonds. The van der Waals surface area contributed by atoms with Crippen molar-refractivity contribution in [2.75, 3.05) is 83.9 Å². The molecule has 0 aromatic heterocycles. The van der Waals surface area contributed by atoms with Gasteiger partial charge in [-0.25, -0.2) is 13.0 Å². The fraction of sp³-hybridized carbons (Fsp3) is 0.578. The second-order valence-electron chi connectivity index (χ2n) is 16.4. The molecule has 1 aliphatic heterocycles. The molecule has 328 valence electrons. The lowest BCUT2D eigenvalue weighted by Gasteiger charge is -2.56. The van der Waals surface area contributed by atoms with Crippen LogP contribution in [0.5, 0.6) is 0 Å². The standard InChI is InChI=1S/C45H60N2O11S2/c1-5-46(6-2)35-9-12-38-41(26-35)58-42-27-36(47(7-3)8-4)10-13-39(42)44(38)40-14-11-37(28-43(40)59(48,49)50)60(51,52)57-22-20-55-18-16-53-15-17-54-19-21-56-45-29-32-23-33(30-45)25-34(24-32)31-45/h9-14,26-28,32-34H,5-8,15-25,29-31H2,1-4H3. The van der Waals surface area contributed by atoms with Gasteiger partial charge in [-0.1, -0.05) is 6.07 Å². The Morgan fingerprint density at radius 3 is 1.88 bits per heavy atom. The summed E-state index contributed by atoms with van der Waals surface area (Å²) in [6.07, 6.45) is 7.79. The molecule has 15 heteroatoms. The maximum absolute atomic E-state index is 13.3. The molecule has 0 spiro atoms. The van der Waals surface area contributed by atoms with Crippen LogP contribution in [0.2, 0.25) is 0 Å².